The van der Waals surface area contributed by atoms with Crippen molar-refractivity contribution in [2.24, 2.45) is 22.7 Å². The number of hydrogen-bond donors (Lipinski definition) is 1. The second kappa shape index (κ2) is 5.09. The normalized spacial score (nSPS) is 47.3. The molecule has 0 amide bonds. The van der Waals surface area contributed by atoms with Gasteiger partial charge in [-0.05, 0) is 55.9 Å². The number of allylic oxidation sites excluding steroid dienone is 1. The number of ketones is 3. The third kappa shape index (κ3) is 1.85. The van der Waals surface area contributed by atoms with Crippen molar-refractivity contribution < 1.29 is 25.0 Å². The van der Waals surface area contributed by atoms with Gasteiger partial charge in [0.2, 0.25) is 0 Å². The SMILES string of the molecule is C[C@]12CCC(=O)C=C1C(=O)C[C@@H]1[C@H]2CC[C@]2(C)C(=O)CC[C@@]12O.O. The van der Waals surface area contributed by atoms with Crippen LogP contribution in [-0.4, -0.2) is 33.5 Å². The first-order chi connectivity index (χ1) is 10.7. The molecule has 4 rings (SSSR count). The summed E-state index contributed by atoms with van der Waals surface area (Å²) < 4.78 is 0. The molecule has 5 nitrogen and oxygen atoms in total. The topological polar surface area (TPSA) is 103 Å². The maximum atomic E-state index is 12.7. The average Bonchev–Trinajstić information content (AvgIpc) is 2.74. The van der Waals surface area contributed by atoms with Gasteiger partial charge in [-0.1, -0.05) is 6.92 Å². The summed E-state index contributed by atoms with van der Waals surface area (Å²) in [5.74, 6) is 0.216. The Bertz CT molecular complexity index is 665. The van der Waals surface area contributed by atoms with Crippen LogP contribution in [0.3, 0.4) is 0 Å². The van der Waals surface area contributed by atoms with E-state index >= 15 is 0 Å². The highest BCUT2D eigenvalue weighted by Gasteiger charge is 2.67. The lowest BCUT2D eigenvalue weighted by atomic mass is 9.45. The highest BCUT2D eigenvalue weighted by Crippen LogP contribution is 2.65. The van der Waals surface area contributed by atoms with Gasteiger partial charge in [-0.2, -0.15) is 0 Å². The molecule has 132 valence electrons. The molecular weight excluding hydrogens is 308 g/mol. The molecule has 0 aromatic rings. The van der Waals surface area contributed by atoms with Crippen molar-refractivity contribution in [2.75, 3.05) is 0 Å². The van der Waals surface area contributed by atoms with E-state index in [-0.39, 0.29) is 46.5 Å². The molecule has 3 saturated carbocycles. The second-order valence-electron chi connectivity index (χ2n) is 8.50. The fourth-order valence-corrected chi connectivity index (χ4v) is 6.11. The molecule has 0 unspecified atom stereocenters. The van der Waals surface area contributed by atoms with Gasteiger partial charge in [-0.3, -0.25) is 14.4 Å². The molecule has 0 heterocycles. The molecule has 3 fully saturated rings. The van der Waals surface area contributed by atoms with Gasteiger partial charge in [0.05, 0.1) is 11.0 Å². The minimum absolute atomic E-state index is 0. The molecule has 0 radical (unpaired) electrons. The Hall–Kier alpha value is -1.33. The molecule has 0 spiro atoms. The van der Waals surface area contributed by atoms with Crippen molar-refractivity contribution in [3.05, 3.63) is 11.6 Å². The van der Waals surface area contributed by atoms with E-state index in [9.17, 15) is 19.5 Å². The molecule has 0 saturated heterocycles. The monoisotopic (exact) mass is 334 g/mol. The molecule has 4 aliphatic rings. The van der Waals surface area contributed by atoms with Gasteiger partial charge in [0.25, 0.3) is 0 Å². The summed E-state index contributed by atoms with van der Waals surface area (Å²) in [5.41, 5.74) is -1.40. The van der Waals surface area contributed by atoms with Gasteiger partial charge in [-0.25, -0.2) is 0 Å². The van der Waals surface area contributed by atoms with Crippen LogP contribution in [0.4, 0.5) is 0 Å². The lowest BCUT2D eigenvalue weighted by Gasteiger charge is -2.59. The Labute approximate surface area is 141 Å². The summed E-state index contributed by atoms with van der Waals surface area (Å²) >= 11 is 0. The predicted octanol–water partition coefficient (Wildman–Crippen LogP) is 1.56. The van der Waals surface area contributed by atoms with Crippen molar-refractivity contribution in [3.8, 4) is 0 Å². The third-order valence-corrected chi connectivity index (χ3v) is 7.69. The van der Waals surface area contributed by atoms with Crippen molar-refractivity contribution >= 4 is 17.3 Å². The Balaban J connectivity index is 0.00000169. The molecule has 5 heteroatoms. The molecular formula is C19H26O5. The van der Waals surface area contributed by atoms with Gasteiger partial charge in [-0.15, -0.1) is 0 Å². The molecule has 0 aromatic heterocycles. The van der Waals surface area contributed by atoms with Crippen LogP contribution in [0.25, 0.3) is 0 Å². The van der Waals surface area contributed by atoms with E-state index in [1.54, 1.807) is 6.08 Å². The fourth-order valence-electron chi connectivity index (χ4n) is 6.11. The van der Waals surface area contributed by atoms with E-state index in [0.717, 1.165) is 6.42 Å². The molecule has 4 aliphatic carbocycles. The van der Waals surface area contributed by atoms with E-state index in [2.05, 4.69) is 6.92 Å². The first kappa shape index (κ1) is 17.5. The van der Waals surface area contributed by atoms with Crippen molar-refractivity contribution in [2.45, 2.75) is 64.4 Å². The number of fused-ring (bicyclic) bond motifs is 5. The van der Waals surface area contributed by atoms with Crippen LogP contribution in [0.5, 0.6) is 0 Å². The summed E-state index contributed by atoms with van der Waals surface area (Å²) in [6.07, 6.45) is 5.43. The Kier molecular flexibility index (Phi) is 3.71. The van der Waals surface area contributed by atoms with Crippen molar-refractivity contribution in [1.82, 2.24) is 0 Å². The quantitative estimate of drug-likeness (QED) is 0.726. The predicted molar refractivity (Wildman–Crippen MR) is 87.2 cm³/mol. The van der Waals surface area contributed by atoms with Gasteiger partial charge in [0.1, 0.15) is 5.78 Å². The zero-order valence-corrected chi connectivity index (χ0v) is 14.4. The van der Waals surface area contributed by atoms with Crippen molar-refractivity contribution in [3.63, 3.8) is 0 Å². The summed E-state index contributed by atoms with van der Waals surface area (Å²) in [4.78, 5) is 36.9. The van der Waals surface area contributed by atoms with Crippen LogP contribution < -0.4 is 0 Å². The Morgan fingerprint density at radius 3 is 2.46 bits per heavy atom. The molecule has 5 atom stereocenters. The van der Waals surface area contributed by atoms with Gasteiger partial charge in [0.15, 0.2) is 11.6 Å². The molecule has 0 bridgehead atoms. The van der Waals surface area contributed by atoms with Crippen molar-refractivity contribution in [1.29, 1.82) is 0 Å². The van der Waals surface area contributed by atoms with E-state index in [1.165, 1.54) is 0 Å². The Morgan fingerprint density at radius 2 is 1.75 bits per heavy atom. The van der Waals surface area contributed by atoms with Crippen LogP contribution in [-0.2, 0) is 14.4 Å². The minimum Gasteiger partial charge on any atom is -0.412 e. The highest BCUT2D eigenvalue weighted by atomic mass is 16.3. The number of rotatable bonds is 0. The van der Waals surface area contributed by atoms with Crippen LogP contribution in [0, 0.1) is 22.7 Å². The highest BCUT2D eigenvalue weighted by molar-refractivity contribution is 6.06. The van der Waals surface area contributed by atoms with Crippen LogP contribution in [0.15, 0.2) is 11.6 Å². The van der Waals surface area contributed by atoms with Gasteiger partial charge < -0.3 is 10.6 Å². The molecule has 0 aliphatic heterocycles. The first-order valence-electron chi connectivity index (χ1n) is 8.76. The lowest BCUT2D eigenvalue weighted by molar-refractivity contribution is -0.181. The van der Waals surface area contributed by atoms with E-state index in [4.69, 9.17) is 0 Å². The van der Waals surface area contributed by atoms with Crippen LogP contribution in [0.2, 0.25) is 0 Å². The standard InChI is InChI=1S/C19H24O4.H2O/c1-17-6-3-11(20)9-14(17)15(21)10-13-12(17)4-7-18(2)16(22)5-8-19(13,18)23;/h9,12-13,23H,3-8,10H2,1-2H3;1H2/t12-,13-,17-,18-,19-;/m1./s1. The fraction of sp³-hybridized carbons (Fsp3) is 0.737. The largest absolute Gasteiger partial charge is 0.412 e. The summed E-state index contributed by atoms with van der Waals surface area (Å²) in [6.45, 7) is 3.98. The van der Waals surface area contributed by atoms with Gasteiger partial charge in [0, 0.05) is 24.8 Å². The summed E-state index contributed by atoms with van der Waals surface area (Å²) in [5, 5.41) is 11.5. The molecule has 24 heavy (non-hydrogen) atoms. The molecule has 0 aromatic carbocycles. The van der Waals surface area contributed by atoms with Crippen LogP contribution in [0.1, 0.15) is 58.8 Å². The van der Waals surface area contributed by atoms with E-state index in [0.29, 0.717) is 37.7 Å². The number of carbonyl (C=O) groups excluding carboxylic acids is 3. The lowest BCUT2D eigenvalue weighted by Crippen LogP contribution is -2.62. The number of carbonyl (C=O) groups is 3. The maximum absolute atomic E-state index is 12.7. The average molecular weight is 334 g/mol. The number of hydrogen-bond acceptors (Lipinski definition) is 4. The zero-order chi connectivity index (χ0) is 16.6. The van der Waals surface area contributed by atoms with Crippen LogP contribution >= 0.6 is 0 Å². The number of aliphatic hydroxyl groups is 1. The maximum Gasteiger partial charge on any atom is 0.159 e. The first-order valence-corrected chi connectivity index (χ1v) is 8.76. The Morgan fingerprint density at radius 1 is 1.04 bits per heavy atom. The summed E-state index contributed by atoms with van der Waals surface area (Å²) in [7, 11) is 0. The smallest absolute Gasteiger partial charge is 0.159 e. The van der Waals surface area contributed by atoms with E-state index in [1.807, 2.05) is 6.92 Å². The molecule has 3 N–H and O–H groups in total. The minimum atomic E-state index is -1.06. The zero-order valence-electron chi connectivity index (χ0n) is 14.4. The van der Waals surface area contributed by atoms with E-state index < -0.39 is 11.0 Å². The van der Waals surface area contributed by atoms with Gasteiger partial charge >= 0.3 is 0 Å². The third-order valence-electron chi connectivity index (χ3n) is 7.69. The summed E-state index contributed by atoms with van der Waals surface area (Å²) in [6, 6.07) is 0. The second-order valence-corrected chi connectivity index (χ2v) is 8.50. The number of Topliss-reactive ketones (excluding diaryl/α,β-unsaturated/α-hetero) is 2.